The van der Waals surface area contributed by atoms with E-state index >= 15 is 0 Å². The third kappa shape index (κ3) is 7.78. The number of aliphatic hydroxyl groups excluding tert-OH is 1. The number of aliphatic hydroxyl groups is 1. The largest absolute Gasteiger partial charge is 0.388 e. The smallest absolute Gasteiger partial charge is 0.0812 e. The highest BCUT2D eigenvalue weighted by Gasteiger charge is 2.10. The first-order chi connectivity index (χ1) is 11.9. The van der Waals surface area contributed by atoms with Crippen molar-refractivity contribution >= 4 is 0 Å². The molecule has 1 atom stereocenters. The summed E-state index contributed by atoms with van der Waals surface area (Å²) in [6.45, 7) is 7.71. The number of nitrogens with zero attached hydrogens (tertiary/aromatic N) is 1. The van der Waals surface area contributed by atoms with E-state index in [0.717, 1.165) is 12.0 Å². The van der Waals surface area contributed by atoms with E-state index in [-0.39, 0.29) is 5.60 Å². The third-order valence-corrected chi connectivity index (χ3v) is 3.79. The van der Waals surface area contributed by atoms with Gasteiger partial charge in [0, 0.05) is 25.4 Å². The monoisotopic (exact) mass is 343 g/mol. The van der Waals surface area contributed by atoms with Crippen LogP contribution in [0.1, 0.15) is 50.0 Å². The molecule has 4 nitrogen and oxygen atoms in total. The molecule has 2 aromatic rings. The standard InChI is InChI=1S/C21H29NO3/c1-21(2,3)25-14-13-24-12-10-20(23)19-8-6-17(7-9-19)15-18-5-4-11-22-16-18/h4-9,11,16,20,23H,10,12-15H2,1-3H3. The zero-order valence-electron chi connectivity index (χ0n) is 15.4. The highest BCUT2D eigenvalue weighted by molar-refractivity contribution is 5.28. The first kappa shape index (κ1) is 19.6. The summed E-state index contributed by atoms with van der Waals surface area (Å²) < 4.78 is 11.1. The second kappa shape index (κ2) is 9.66. The lowest BCUT2D eigenvalue weighted by Crippen LogP contribution is -2.22. The van der Waals surface area contributed by atoms with E-state index in [1.165, 1.54) is 11.1 Å². The maximum absolute atomic E-state index is 10.3. The number of pyridine rings is 1. The summed E-state index contributed by atoms with van der Waals surface area (Å²) in [6.07, 6.45) is 4.58. The second-order valence-electron chi connectivity index (χ2n) is 7.16. The van der Waals surface area contributed by atoms with Crippen molar-refractivity contribution in [1.29, 1.82) is 0 Å². The van der Waals surface area contributed by atoms with Crippen LogP contribution in [0, 0.1) is 0 Å². The van der Waals surface area contributed by atoms with Crippen LogP contribution in [0.3, 0.4) is 0 Å². The quantitative estimate of drug-likeness (QED) is 0.701. The van der Waals surface area contributed by atoms with Crippen LogP contribution in [-0.4, -0.2) is 35.5 Å². The lowest BCUT2D eigenvalue weighted by molar-refractivity contribution is -0.0381. The van der Waals surface area contributed by atoms with Crippen molar-refractivity contribution in [3.63, 3.8) is 0 Å². The zero-order chi connectivity index (χ0) is 18.1. The Labute approximate surface area is 150 Å². The van der Waals surface area contributed by atoms with E-state index in [0.29, 0.717) is 26.2 Å². The number of benzene rings is 1. The molecule has 0 bridgehead atoms. The molecule has 0 amide bonds. The van der Waals surface area contributed by atoms with Crippen molar-refractivity contribution in [1.82, 2.24) is 4.98 Å². The van der Waals surface area contributed by atoms with Crippen molar-refractivity contribution in [2.45, 2.75) is 45.3 Å². The molecule has 4 heteroatoms. The Morgan fingerprint density at radius 3 is 2.40 bits per heavy atom. The van der Waals surface area contributed by atoms with Crippen LogP contribution >= 0.6 is 0 Å². The minimum Gasteiger partial charge on any atom is -0.388 e. The van der Waals surface area contributed by atoms with Gasteiger partial charge in [0.05, 0.1) is 24.9 Å². The van der Waals surface area contributed by atoms with Crippen LogP contribution in [0.15, 0.2) is 48.8 Å². The summed E-state index contributed by atoms with van der Waals surface area (Å²) in [5.74, 6) is 0. The summed E-state index contributed by atoms with van der Waals surface area (Å²) in [7, 11) is 0. The Kier molecular flexibility index (Phi) is 7.56. The zero-order valence-corrected chi connectivity index (χ0v) is 15.4. The van der Waals surface area contributed by atoms with Gasteiger partial charge >= 0.3 is 0 Å². The highest BCUT2D eigenvalue weighted by Crippen LogP contribution is 2.18. The van der Waals surface area contributed by atoms with E-state index in [1.807, 2.05) is 45.2 Å². The normalized spacial score (nSPS) is 13.0. The lowest BCUT2D eigenvalue weighted by atomic mass is 10.0. The van der Waals surface area contributed by atoms with Gasteiger partial charge in [-0.2, -0.15) is 0 Å². The molecular weight excluding hydrogens is 314 g/mol. The first-order valence-corrected chi connectivity index (χ1v) is 8.81. The molecule has 1 aromatic heterocycles. The molecule has 0 saturated carbocycles. The molecule has 1 aromatic carbocycles. The van der Waals surface area contributed by atoms with Crippen molar-refractivity contribution in [2.75, 3.05) is 19.8 Å². The minimum absolute atomic E-state index is 0.138. The van der Waals surface area contributed by atoms with Crippen molar-refractivity contribution in [3.8, 4) is 0 Å². The van der Waals surface area contributed by atoms with Gasteiger partial charge in [0.15, 0.2) is 0 Å². The van der Waals surface area contributed by atoms with Crippen LogP contribution in [0.5, 0.6) is 0 Å². The predicted octanol–water partition coefficient (Wildman–Crippen LogP) is 3.93. The summed E-state index contributed by atoms with van der Waals surface area (Å²) in [5, 5.41) is 10.3. The van der Waals surface area contributed by atoms with Gasteiger partial charge in [-0.1, -0.05) is 30.3 Å². The van der Waals surface area contributed by atoms with Gasteiger partial charge in [-0.05, 0) is 49.9 Å². The molecule has 1 N–H and O–H groups in total. The lowest BCUT2D eigenvalue weighted by Gasteiger charge is -2.19. The Balaban J connectivity index is 1.70. The third-order valence-electron chi connectivity index (χ3n) is 3.79. The van der Waals surface area contributed by atoms with Crippen molar-refractivity contribution in [2.24, 2.45) is 0 Å². The molecule has 0 spiro atoms. The fraction of sp³-hybridized carbons (Fsp3) is 0.476. The van der Waals surface area contributed by atoms with Crippen LogP contribution in [-0.2, 0) is 15.9 Å². The molecule has 0 aliphatic heterocycles. The summed E-state index contributed by atoms with van der Waals surface area (Å²) >= 11 is 0. The van der Waals surface area contributed by atoms with E-state index < -0.39 is 6.10 Å². The number of aromatic nitrogens is 1. The number of rotatable bonds is 9. The van der Waals surface area contributed by atoms with Gasteiger partial charge in [0.1, 0.15) is 0 Å². The van der Waals surface area contributed by atoms with E-state index in [9.17, 15) is 5.11 Å². The Morgan fingerprint density at radius 1 is 1.00 bits per heavy atom. The molecule has 0 saturated heterocycles. The molecule has 1 heterocycles. The predicted molar refractivity (Wildman–Crippen MR) is 99.6 cm³/mol. The van der Waals surface area contributed by atoms with E-state index in [2.05, 4.69) is 23.2 Å². The summed E-state index contributed by atoms with van der Waals surface area (Å²) in [6, 6.07) is 12.1. The first-order valence-electron chi connectivity index (χ1n) is 8.81. The fourth-order valence-corrected chi connectivity index (χ4v) is 2.47. The molecule has 0 radical (unpaired) electrons. The van der Waals surface area contributed by atoms with E-state index in [1.54, 1.807) is 6.20 Å². The van der Waals surface area contributed by atoms with Crippen LogP contribution in [0.4, 0.5) is 0 Å². The Morgan fingerprint density at radius 2 is 1.76 bits per heavy atom. The molecule has 2 rings (SSSR count). The number of hydrogen-bond acceptors (Lipinski definition) is 4. The van der Waals surface area contributed by atoms with Crippen LogP contribution in [0.25, 0.3) is 0 Å². The van der Waals surface area contributed by atoms with Gasteiger partial charge in [0.25, 0.3) is 0 Å². The molecule has 0 aliphatic rings. The molecular formula is C21H29NO3. The van der Waals surface area contributed by atoms with Gasteiger partial charge in [-0.25, -0.2) is 0 Å². The van der Waals surface area contributed by atoms with Gasteiger partial charge in [-0.15, -0.1) is 0 Å². The second-order valence-corrected chi connectivity index (χ2v) is 7.16. The molecule has 25 heavy (non-hydrogen) atoms. The average molecular weight is 343 g/mol. The minimum atomic E-state index is -0.504. The van der Waals surface area contributed by atoms with Crippen LogP contribution < -0.4 is 0 Å². The summed E-state index contributed by atoms with van der Waals surface area (Å²) in [4.78, 5) is 4.13. The topological polar surface area (TPSA) is 51.6 Å². The SMILES string of the molecule is CC(C)(C)OCCOCCC(O)c1ccc(Cc2cccnc2)cc1. The molecule has 0 fully saturated rings. The summed E-state index contributed by atoms with van der Waals surface area (Å²) in [5.41, 5.74) is 3.17. The molecule has 136 valence electrons. The van der Waals surface area contributed by atoms with Gasteiger partial charge < -0.3 is 14.6 Å². The van der Waals surface area contributed by atoms with Crippen molar-refractivity contribution in [3.05, 3.63) is 65.5 Å². The van der Waals surface area contributed by atoms with Crippen LogP contribution in [0.2, 0.25) is 0 Å². The highest BCUT2D eigenvalue weighted by atomic mass is 16.5. The van der Waals surface area contributed by atoms with E-state index in [4.69, 9.17) is 9.47 Å². The number of ether oxygens (including phenoxy) is 2. The maximum atomic E-state index is 10.3. The van der Waals surface area contributed by atoms with Crippen molar-refractivity contribution < 1.29 is 14.6 Å². The Bertz CT molecular complexity index is 605. The molecule has 1 unspecified atom stereocenters. The van der Waals surface area contributed by atoms with Gasteiger partial charge in [-0.3, -0.25) is 4.98 Å². The Hall–Kier alpha value is -1.75. The fourth-order valence-electron chi connectivity index (χ4n) is 2.47. The van der Waals surface area contributed by atoms with Gasteiger partial charge in [0.2, 0.25) is 0 Å². The average Bonchev–Trinajstić information content (AvgIpc) is 2.58. The maximum Gasteiger partial charge on any atom is 0.0812 e. The number of hydrogen-bond donors (Lipinski definition) is 1. The molecule has 0 aliphatic carbocycles.